The van der Waals surface area contributed by atoms with Crippen LogP contribution in [0.3, 0.4) is 0 Å². The van der Waals surface area contributed by atoms with E-state index in [0.717, 1.165) is 42.2 Å². The zero-order valence-electron chi connectivity index (χ0n) is 18.3. The van der Waals surface area contributed by atoms with E-state index in [1.165, 1.54) is 5.56 Å². The fourth-order valence-electron chi connectivity index (χ4n) is 4.01. The van der Waals surface area contributed by atoms with Crippen LogP contribution in [-0.4, -0.2) is 40.9 Å². The minimum Gasteiger partial charge on any atom is -0.215 e. The van der Waals surface area contributed by atoms with Gasteiger partial charge in [-0.2, -0.15) is 0 Å². The molecule has 31 heavy (non-hydrogen) atoms. The molecule has 170 valence electrons. The molecule has 2 aromatic rings. The van der Waals surface area contributed by atoms with Crippen molar-refractivity contribution in [3.05, 3.63) is 59.7 Å². The molecular weight excluding hydrogens is 432 g/mol. The number of rotatable bonds is 9. The van der Waals surface area contributed by atoms with Gasteiger partial charge in [-0.15, -0.1) is 0 Å². The van der Waals surface area contributed by atoms with Crippen molar-refractivity contribution in [2.24, 2.45) is 0 Å². The predicted molar refractivity (Wildman–Crippen MR) is 126 cm³/mol. The van der Waals surface area contributed by atoms with E-state index in [9.17, 15) is 16.8 Å². The van der Waals surface area contributed by atoms with Crippen LogP contribution in [0.5, 0.6) is 0 Å². The van der Waals surface area contributed by atoms with Crippen molar-refractivity contribution < 1.29 is 16.8 Å². The Morgan fingerprint density at radius 1 is 0.903 bits per heavy atom. The molecule has 2 atom stereocenters. The third kappa shape index (κ3) is 6.62. The summed E-state index contributed by atoms with van der Waals surface area (Å²) in [6.07, 6.45) is 4.68. The van der Waals surface area contributed by atoms with Gasteiger partial charge < -0.3 is 0 Å². The van der Waals surface area contributed by atoms with Crippen LogP contribution >= 0.6 is 0 Å². The second kappa shape index (κ2) is 9.81. The van der Waals surface area contributed by atoms with Gasteiger partial charge in [0.1, 0.15) is 0 Å². The van der Waals surface area contributed by atoms with Gasteiger partial charge in [-0.05, 0) is 55.4 Å². The molecule has 1 saturated carbocycles. The number of nitrogens with one attached hydrogen (secondary N) is 2. The third-order valence-corrected chi connectivity index (χ3v) is 8.46. The number of benzene rings is 2. The smallest absolute Gasteiger partial charge is 0.214 e. The standard InChI is InChI=1S/C23H32N2O4S2/c1-17(2)31(28,29)25-23-6-4-5-22(23)21-13-11-20(12-14-21)19-9-7-18(8-10-19)15-16-24-30(3,26)27/h7-14,17,22-25H,4-6,15-16H2,1-3H3/t22-,23-/m1/s1. The van der Waals surface area contributed by atoms with E-state index < -0.39 is 25.3 Å². The number of hydrogen-bond donors (Lipinski definition) is 2. The van der Waals surface area contributed by atoms with E-state index in [-0.39, 0.29) is 12.0 Å². The molecule has 3 rings (SSSR count). The molecule has 0 aromatic heterocycles. The Bertz CT molecular complexity index is 1080. The van der Waals surface area contributed by atoms with Crippen molar-refractivity contribution in [1.82, 2.24) is 9.44 Å². The summed E-state index contributed by atoms with van der Waals surface area (Å²) in [5.74, 6) is 0.201. The van der Waals surface area contributed by atoms with Gasteiger partial charge in [-0.3, -0.25) is 0 Å². The maximum Gasteiger partial charge on any atom is 0.214 e. The summed E-state index contributed by atoms with van der Waals surface area (Å²) in [6, 6.07) is 16.4. The summed E-state index contributed by atoms with van der Waals surface area (Å²) in [5.41, 5.74) is 4.43. The van der Waals surface area contributed by atoms with Gasteiger partial charge in [0.25, 0.3) is 0 Å². The van der Waals surface area contributed by atoms with E-state index in [1.54, 1.807) is 13.8 Å². The zero-order valence-corrected chi connectivity index (χ0v) is 20.0. The van der Waals surface area contributed by atoms with Crippen LogP contribution in [-0.2, 0) is 26.5 Å². The second-order valence-corrected chi connectivity index (χ2v) is 12.7. The summed E-state index contributed by atoms with van der Waals surface area (Å²) in [4.78, 5) is 0. The highest BCUT2D eigenvalue weighted by molar-refractivity contribution is 7.90. The Balaban J connectivity index is 1.66. The van der Waals surface area contributed by atoms with E-state index in [2.05, 4.69) is 33.7 Å². The zero-order chi connectivity index (χ0) is 22.6. The van der Waals surface area contributed by atoms with Gasteiger partial charge in [-0.25, -0.2) is 26.3 Å². The Labute approximate surface area is 186 Å². The van der Waals surface area contributed by atoms with Crippen molar-refractivity contribution in [3.8, 4) is 11.1 Å². The number of hydrogen-bond acceptors (Lipinski definition) is 4. The fourth-order valence-corrected chi connectivity index (χ4v) is 5.46. The number of sulfonamides is 2. The van der Waals surface area contributed by atoms with Crippen molar-refractivity contribution in [1.29, 1.82) is 0 Å². The second-order valence-electron chi connectivity index (χ2n) is 8.59. The fraction of sp³-hybridized carbons (Fsp3) is 0.478. The summed E-state index contributed by atoms with van der Waals surface area (Å²) >= 11 is 0. The Morgan fingerprint density at radius 2 is 1.48 bits per heavy atom. The normalized spacial score (nSPS) is 19.7. The highest BCUT2D eigenvalue weighted by Crippen LogP contribution is 2.36. The molecule has 0 bridgehead atoms. The van der Waals surface area contributed by atoms with E-state index in [1.807, 2.05) is 24.3 Å². The molecule has 1 aliphatic carbocycles. The molecule has 1 fully saturated rings. The predicted octanol–water partition coefficient (Wildman–Crippen LogP) is 3.41. The minimum absolute atomic E-state index is 0.0434. The van der Waals surface area contributed by atoms with Gasteiger partial charge in [0.05, 0.1) is 11.5 Å². The summed E-state index contributed by atoms with van der Waals surface area (Å²) in [5, 5.41) is -0.429. The molecule has 0 spiro atoms. The lowest BCUT2D eigenvalue weighted by molar-refractivity contribution is 0.519. The molecule has 0 unspecified atom stereocenters. The van der Waals surface area contributed by atoms with E-state index in [4.69, 9.17) is 0 Å². The first-order chi connectivity index (χ1) is 14.5. The van der Waals surface area contributed by atoms with Gasteiger partial charge in [0, 0.05) is 18.5 Å². The molecule has 6 nitrogen and oxygen atoms in total. The Hall–Kier alpha value is -1.74. The highest BCUT2D eigenvalue weighted by Gasteiger charge is 2.32. The summed E-state index contributed by atoms with van der Waals surface area (Å²) in [6.45, 7) is 3.79. The Morgan fingerprint density at radius 3 is 2.03 bits per heavy atom. The molecule has 0 aliphatic heterocycles. The average molecular weight is 465 g/mol. The van der Waals surface area contributed by atoms with Crippen molar-refractivity contribution in [2.45, 2.75) is 56.7 Å². The van der Waals surface area contributed by atoms with Gasteiger partial charge in [-0.1, -0.05) is 55.0 Å². The average Bonchev–Trinajstić information content (AvgIpc) is 3.15. The van der Waals surface area contributed by atoms with Crippen LogP contribution in [0.15, 0.2) is 48.5 Å². The monoisotopic (exact) mass is 464 g/mol. The van der Waals surface area contributed by atoms with Crippen LogP contribution in [0.4, 0.5) is 0 Å². The van der Waals surface area contributed by atoms with Crippen LogP contribution in [0.25, 0.3) is 11.1 Å². The van der Waals surface area contributed by atoms with Gasteiger partial charge >= 0.3 is 0 Å². The molecule has 2 aromatic carbocycles. The maximum atomic E-state index is 12.3. The molecule has 0 amide bonds. The first kappa shape index (κ1) is 23.9. The lowest BCUT2D eigenvalue weighted by atomic mass is 9.92. The van der Waals surface area contributed by atoms with E-state index in [0.29, 0.717) is 13.0 Å². The quantitative estimate of drug-likeness (QED) is 0.595. The SMILES string of the molecule is CC(C)S(=O)(=O)N[C@@H]1CCC[C@@H]1c1ccc(-c2ccc(CCNS(C)(=O)=O)cc2)cc1. The lowest BCUT2D eigenvalue weighted by Crippen LogP contribution is -2.40. The van der Waals surface area contributed by atoms with Crippen LogP contribution in [0.1, 0.15) is 50.2 Å². The lowest BCUT2D eigenvalue weighted by Gasteiger charge is -2.23. The highest BCUT2D eigenvalue weighted by atomic mass is 32.2. The topological polar surface area (TPSA) is 92.3 Å². The molecule has 0 saturated heterocycles. The summed E-state index contributed by atoms with van der Waals surface area (Å²) < 4.78 is 52.3. The first-order valence-corrected chi connectivity index (χ1v) is 14.1. The maximum absolute atomic E-state index is 12.3. The van der Waals surface area contributed by atoms with Crippen LogP contribution in [0, 0.1) is 0 Å². The van der Waals surface area contributed by atoms with Crippen LogP contribution < -0.4 is 9.44 Å². The molecular formula is C23H32N2O4S2. The molecule has 2 N–H and O–H groups in total. The molecule has 1 aliphatic rings. The minimum atomic E-state index is -3.28. The summed E-state index contributed by atoms with van der Waals surface area (Å²) in [7, 11) is -6.44. The van der Waals surface area contributed by atoms with E-state index >= 15 is 0 Å². The van der Waals surface area contributed by atoms with Crippen LogP contribution in [0.2, 0.25) is 0 Å². The van der Waals surface area contributed by atoms with Crippen molar-refractivity contribution >= 4 is 20.0 Å². The van der Waals surface area contributed by atoms with Crippen molar-refractivity contribution in [2.75, 3.05) is 12.8 Å². The molecule has 0 heterocycles. The Kier molecular flexibility index (Phi) is 7.57. The van der Waals surface area contributed by atoms with Crippen molar-refractivity contribution in [3.63, 3.8) is 0 Å². The molecule has 8 heteroatoms. The van der Waals surface area contributed by atoms with Gasteiger partial charge in [0.15, 0.2) is 0 Å². The third-order valence-electron chi connectivity index (χ3n) is 5.86. The largest absolute Gasteiger partial charge is 0.215 e. The molecule has 0 radical (unpaired) electrons. The first-order valence-electron chi connectivity index (χ1n) is 10.7. The van der Waals surface area contributed by atoms with Gasteiger partial charge in [0.2, 0.25) is 20.0 Å².